The number of hydrogen-bond acceptors (Lipinski definition) is 6. The van der Waals surface area contributed by atoms with Gasteiger partial charge in [0, 0.05) is 5.69 Å². The molecule has 0 aromatic carbocycles. The first-order chi connectivity index (χ1) is 12.5. The molecular formula is C18H16N4O4. The summed E-state index contributed by atoms with van der Waals surface area (Å²) >= 11 is 0. The van der Waals surface area contributed by atoms with Gasteiger partial charge >= 0.3 is 0 Å². The van der Waals surface area contributed by atoms with Gasteiger partial charge in [-0.3, -0.25) is 14.2 Å². The number of fused-ring (bicyclic) bond motifs is 3. The molecule has 8 heteroatoms. The van der Waals surface area contributed by atoms with Crippen LogP contribution >= 0.6 is 0 Å². The Morgan fingerprint density at radius 3 is 2.96 bits per heavy atom. The van der Waals surface area contributed by atoms with Crippen molar-refractivity contribution in [3.63, 3.8) is 0 Å². The molecule has 0 aliphatic rings. The molecule has 0 bridgehead atoms. The fraction of sp³-hybridized carbons (Fsp3) is 0.222. The molecule has 0 atom stereocenters. The monoisotopic (exact) mass is 352 g/mol. The highest BCUT2D eigenvalue weighted by Gasteiger charge is 2.17. The Bertz CT molecular complexity index is 1170. The van der Waals surface area contributed by atoms with Gasteiger partial charge in [0.1, 0.15) is 17.8 Å². The first-order valence-corrected chi connectivity index (χ1v) is 8.08. The molecule has 0 fully saturated rings. The van der Waals surface area contributed by atoms with Crippen LogP contribution in [0.2, 0.25) is 0 Å². The molecule has 4 aromatic heterocycles. The Morgan fingerprint density at radius 2 is 2.19 bits per heavy atom. The fourth-order valence-corrected chi connectivity index (χ4v) is 2.92. The summed E-state index contributed by atoms with van der Waals surface area (Å²) in [7, 11) is 0. The summed E-state index contributed by atoms with van der Waals surface area (Å²) in [6.45, 7) is 3.87. The third-order valence-corrected chi connectivity index (χ3v) is 4.10. The summed E-state index contributed by atoms with van der Waals surface area (Å²) in [6, 6.07) is 5.40. The molecule has 1 N–H and O–H groups in total. The van der Waals surface area contributed by atoms with Gasteiger partial charge in [-0.2, -0.15) is 0 Å². The van der Waals surface area contributed by atoms with E-state index in [0.29, 0.717) is 17.0 Å². The van der Waals surface area contributed by atoms with Crippen LogP contribution in [0.3, 0.4) is 0 Å². The summed E-state index contributed by atoms with van der Waals surface area (Å²) in [5.41, 5.74) is 2.25. The number of aromatic nitrogens is 3. The largest absolute Gasteiger partial charge is 0.467 e. The molecular weight excluding hydrogens is 336 g/mol. The second-order valence-electron chi connectivity index (χ2n) is 6.07. The van der Waals surface area contributed by atoms with E-state index in [-0.39, 0.29) is 24.6 Å². The number of carbonyl (C=O) groups excluding carboxylic acids is 1. The standard InChI is InChI=1S/C18H16N4O4/c1-10-6-11(2)21-17-14(10)15-16(26-17)18(24)22(9-20-15)8-13(23)19-7-12-4-3-5-25-12/h3-6,9H,7-8H2,1-2H3,(H,19,23). The number of nitrogens with one attached hydrogen (secondary N) is 1. The number of hydrogen-bond donors (Lipinski definition) is 1. The van der Waals surface area contributed by atoms with Crippen LogP contribution in [-0.4, -0.2) is 20.4 Å². The zero-order chi connectivity index (χ0) is 18.3. The van der Waals surface area contributed by atoms with Crippen LogP contribution < -0.4 is 10.9 Å². The maximum atomic E-state index is 12.7. The smallest absolute Gasteiger partial charge is 0.297 e. The Morgan fingerprint density at radius 1 is 1.35 bits per heavy atom. The number of rotatable bonds is 4. The Kier molecular flexibility index (Phi) is 3.80. The second kappa shape index (κ2) is 6.14. The molecule has 0 aliphatic heterocycles. The Hall–Kier alpha value is -3.42. The van der Waals surface area contributed by atoms with Gasteiger partial charge in [-0.05, 0) is 37.6 Å². The molecule has 0 saturated carbocycles. The summed E-state index contributed by atoms with van der Waals surface area (Å²) < 4.78 is 12.0. The third-order valence-electron chi connectivity index (χ3n) is 4.10. The van der Waals surface area contributed by atoms with Crippen molar-refractivity contribution in [2.75, 3.05) is 0 Å². The molecule has 0 spiro atoms. The predicted octanol–water partition coefficient (Wildman–Crippen LogP) is 2.06. The van der Waals surface area contributed by atoms with E-state index < -0.39 is 5.56 Å². The molecule has 4 heterocycles. The molecule has 26 heavy (non-hydrogen) atoms. The van der Waals surface area contributed by atoms with E-state index in [4.69, 9.17) is 8.83 Å². The van der Waals surface area contributed by atoms with Gasteiger partial charge in [-0.1, -0.05) is 0 Å². The second-order valence-corrected chi connectivity index (χ2v) is 6.07. The van der Waals surface area contributed by atoms with Gasteiger partial charge < -0.3 is 14.2 Å². The van der Waals surface area contributed by atoms with E-state index in [1.165, 1.54) is 17.2 Å². The number of nitrogens with zero attached hydrogens (tertiary/aromatic N) is 3. The lowest BCUT2D eigenvalue weighted by molar-refractivity contribution is -0.122. The van der Waals surface area contributed by atoms with Gasteiger partial charge in [0.25, 0.3) is 5.56 Å². The first-order valence-electron chi connectivity index (χ1n) is 8.08. The topological polar surface area (TPSA) is 103 Å². The highest BCUT2D eigenvalue weighted by Crippen LogP contribution is 2.26. The lowest BCUT2D eigenvalue weighted by Crippen LogP contribution is -2.31. The normalized spacial score (nSPS) is 11.3. The number of pyridine rings is 1. The van der Waals surface area contributed by atoms with E-state index in [1.807, 2.05) is 19.9 Å². The maximum absolute atomic E-state index is 12.7. The van der Waals surface area contributed by atoms with Crippen molar-refractivity contribution < 1.29 is 13.6 Å². The molecule has 8 nitrogen and oxygen atoms in total. The average molecular weight is 352 g/mol. The van der Waals surface area contributed by atoms with Crippen LogP contribution in [0.4, 0.5) is 0 Å². The highest BCUT2D eigenvalue weighted by molar-refractivity contribution is 6.02. The minimum Gasteiger partial charge on any atom is -0.467 e. The van der Waals surface area contributed by atoms with Crippen molar-refractivity contribution >= 4 is 28.1 Å². The highest BCUT2D eigenvalue weighted by atomic mass is 16.3. The van der Waals surface area contributed by atoms with E-state index in [0.717, 1.165) is 16.6 Å². The molecule has 4 rings (SSSR count). The van der Waals surface area contributed by atoms with Crippen LogP contribution in [0, 0.1) is 13.8 Å². The van der Waals surface area contributed by atoms with Crippen molar-refractivity contribution in [2.24, 2.45) is 0 Å². The summed E-state index contributed by atoms with van der Waals surface area (Å²) in [5, 5.41) is 3.41. The molecule has 0 aliphatic carbocycles. The van der Waals surface area contributed by atoms with Crippen LogP contribution in [0.1, 0.15) is 17.0 Å². The minimum atomic E-state index is -0.418. The van der Waals surface area contributed by atoms with Crippen LogP contribution in [0.5, 0.6) is 0 Å². The lowest BCUT2D eigenvalue weighted by atomic mass is 10.1. The molecule has 0 radical (unpaired) electrons. The zero-order valence-electron chi connectivity index (χ0n) is 14.3. The van der Waals surface area contributed by atoms with Crippen molar-refractivity contribution in [2.45, 2.75) is 26.9 Å². The third kappa shape index (κ3) is 2.75. The predicted molar refractivity (Wildman–Crippen MR) is 93.6 cm³/mol. The molecule has 0 saturated heterocycles. The van der Waals surface area contributed by atoms with Gasteiger partial charge in [0.05, 0.1) is 24.5 Å². The van der Waals surface area contributed by atoms with Crippen molar-refractivity contribution in [3.05, 3.63) is 58.2 Å². The van der Waals surface area contributed by atoms with Crippen molar-refractivity contribution in [1.29, 1.82) is 0 Å². The van der Waals surface area contributed by atoms with Crippen molar-refractivity contribution in [1.82, 2.24) is 19.9 Å². The number of furan rings is 2. The summed E-state index contributed by atoms with van der Waals surface area (Å²) in [5.74, 6) is 0.305. The van der Waals surface area contributed by atoms with Crippen LogP contribution in [0.25, 0.3) is 22.2 Å². The number of amides is 1. The Labute approximate surface area is 147 Å². The van der Waals surface area contributed by atoms with E-state index in [9.17, 15) is 9.59 Å². The van der Waals surface area contributed by atoms with E-state index in [2.05, 4.69) is 15.3 Å². The number of aryl methyl sites for hydroxylation is 2. The zero-order valence-corrected chi connectivity index (χ0v) is 14.3. The van der Waals surface area contributed by atoms with Crippen LogP contribution in [-0.2, 0) is 17.9 Å². The van der Waals surface area contributed by atoms with Crippen molar-refractivity contribution in [3.8, 4) is 0 Å². The average Bonchev–Trinajstić information content (AvgIpc) is 3.23. The summed E-state index contributed by atoms with van der Waals surface area (Å²) in [4.78, 5) is 33.4. The van der Waals surface area contributed by atoms with Gasteiger partial charge in [0.2, 0.25) is 17.2 Å². The molecule has 132 valence electrons. The summed E-state index contributed by atoms with van der Waals surface area (Å²) in [6.07, 6.45) is 2.88. The lowest BCUT2D eigenvalue weighted by Gasteiger charge is -2.05. The minimum absolute atomic E-state index is 0.0996. The van der Waals surface area contributed by atoms with Gasteiger partial charge in [-0.25, -0.2) is 9.97 Å². The molecule has 4 aromatic rings. The Balaban J connectivity index is 1.65. The first kappa shape index (κ1) is 16.1. The van der Waals surface area contributed by atoms with Crippen LogP contribution in [0.15, 0.2) is 44.4 Å². The fourth-order valence-electron chi connectivity index (χ4n) is 2.92. The van der Waals surface area contributed by atoms with Gasteiger partial charge in [0.15, 0.2) is 0 Å². The molecule has 0 unspecified atom stereocenters. The van der Waals surface area contributed by atoms with E-state index in [1.54, 1.807) is 12.1 Å². The quantitative estimate of drug-likeness (QED) is 0.603. The SMILES string of the molecule is Cc1cc(C)c2c(n1)oc1c(=O)n(CC(=O)NCc3ccco3)cnc12. The number of carbonyl (C=O) groups is 1. The van der Waals surface area contributed by atoms with E-state index >= 15 is 0 Å². The molecule has 1 amide bonds. The van der Waals surface area contributed by atoms with Gasteiger partial charge in [-0.15, -0.1) is 0 Å². The maximum Gasteiger partial charge on any atom is 0.297 e.